The van der Waals surface area contributed by atoms with Crippen LogP contribution in [0, 0.1) is 5.82 Å². The Morgan fingerprint density at radius 1 is 1.41 bits per heavy atom. The molecule has 1 aliphatic rings. The lowest BCUT2D eigenvalue weighted by Crippen LogP contribution is -2.43. The molecule has 2 aromatic rings. The lowest BCUT2D eigenvalue weighted by molar-refractivity contribution is 0.0820. The number of carbonyl (C=O) groups is 1. The molecule has 27 heavy (non-hydrogen) atoms. The van der Waals surface area contributed by atoms with Crippen LogP contribution < -0.4 is 5.32 Å². The van der Waals surface area contributed by atoms with Gasteiger partial charge in [-0.15, -0.1) is 5.10 Å². The molecule has 10 heteroatoms. The number of carbonyl (C=O) groups excluding carboxylic acids is 1. The third-order valence-corrected chi connectivity index (χ3v) is 4.36. The topological polar surface area (TPSA) is 88.4 Å². The Hall–Kier alpha value is -2.59. The summed E-state index contributed by atoms with van der Waals surface area (Å²) in [6.45, 7) is 2.42. The van der Waals surface area contributed by atoms with Crippen LogP contribution >= 0.6 is 0 Å². The summed E-state index contributed by atoms with van der Waals surface area (Å²) in [6.07, 6.45) is 3.35. The normalized spacial score (nSPS) is 16.7. The molecule has 1 fully saturated rings. The van der Waals surface area contributed by atoms with E-state index in [1.165, 1.54) is 29.2 Å². The van der Waals surface area contributed by atoms with E-state index in [-0.39, 0.29) is 17.8 Å². The van der Waals surface area contributed by atoms with Gasteiger partial charge in [0.2, 0.25) is 0 Å². The molecule has 9 nitrogen and oxygen atoms in total. The zero-order valence-corrected chi connectivity index (χ0v) is 15.5. The molecule has 0 spiro atoms. The number of aromatic nitrogens is 4. The van der Waals surface area contributed by atoms with Crippen LogP contribution in [0.4, 0.5) is 14.9 Å². The Balaban J connectivity index is 1.72. The average molecular weight is 377 g/mol. The van der Waals surface area contributed by atoms with E-state index in [0.717, 1.165) is 19.4 Å². The smallest absolute Gasteiger partial charge is 0.322 e. The quantitative estimate of drug-likeness (QED) is 0.784. The van der Waals surface area contributed by atoms with Gasteiger partial charge in [0.15, 0.2) is 0 Å². The van der Waals surface area contributed by atoms with Crippen molar-refractivity contribution in [1.82, 2.24) is 30.0 Å². The van der Waals surface area contributed by atoms with E-state index < -0.39 is 5.82 Å². The summed E-state index contributed by atoms with van der Waals surface area (Å²) in [6, 6.07) is 3.95. The predicted octanol–water partition coefficient (Wildman–Crippen LogP) is 1.38. The molecule has 1 saturated heterocycles. The number of urea groups is 1. The summed E-state index contributed by atoms with van der Waals surface area (Å²) in [4.78, 5) is 16.5. The van der Waals surface area contributed by atoms with Crippen LogP contribution in [0.2, 0.25) is 0 Å². The van der Waals surface area contributed by atoms with Gasteiger partial charge in [-0.25, -0.2) is 13.9 Å². The van der Waals surface area contributed by atoms with Gasteiger partial charge in [0.1, 0.15) is 12.1 Å². The van der Waals surface area contributed by atoms with Crippen LogP contribution in [-0.4, -0.2) is 82.5 Å². The first-order chi connectivity index (χ1) is 13.0. The molecule has 2 amide bonds. The van der Waals surface area contributed by atoms with Crippen molar-refractivity contribution in [1.29, 1.82) is 0 Å². The minimum atomic E-state index is -0.523. The number of nitrogens with zero attached hydrogens (tertiary/aromatic N) is 6. The summed E-state index contributed by atoms with van der Waals surface area (Å²) in [5.74, 6) is -0.523. The first kappa shape index (κ1) is 19.2. The monoisotopic (exact) mass is 377 g/mol. The maximum Gasteiger partial charge on any atom is 0.322 e. The van der Waals surface area contributed by atoms with Crippen LogP contribution in [-0.2, 0) is 4.74 Å². The summed E-state index contributed by atoms with van der Waals surface area (Å²) in [7, 11) is 3.88. The molecule has 1 unspecified atom stereocenters. The Labute approximate surface area is 157 Å². The van der Waals surface area contributed by atoms with E-state index in [9.17, 15) is 9.18 Å². The molecular formula is C17H24FN7O2. The first-order valence-electron chi connectivity index (χ1n) is 8.88. The largest absolute Gasteiger partial charge is 0.376 e. The molecule has 1 N–H and O–H groups in total. The van der Waals surface area contributed by atoms with Crippen molar-refractivity contribution < 1.29 is 13.9 Å². The van der Waals surface area contributed by atoms with E-state index in [1.807, 2.05) is 19.0 Å². The standard InChI is InChI=1S/C17H24FN7O2/c1-23(2)7-8-24(11-14-4-3-9-27-14)17(26)20-16-10-13(5-6-15(16)18)25-12-19-21-22-25/h5-6,10,12,14H,3-4,7-9,11H2,1-2H3,(H,20,26). The van der Waals surface area contributed by atoms with Crippen LogP contribution in [0.5, 0.6) is 0 Å². The molecule has 1 aromatic heterocycles. The lowest BCUT2D eigenvalue weighted by Gasteiger charge is -2.27. The minimum absolute atomic E-state index is 0.0234. The third kappa shape index (κ3) is 5.20. The van der Waals surface area contributed by atoms with E-state index in [0.29, 0.717) is 25.3 Å². The van der Waals surface area contributed by atoms with Crippen LogP contribution in [0.3, 0.4) is 0 Å². The van der Waals surface area contributed by atoms with Crippen molar-refractivity contribution in [2.45, 2.75) is 18.9 Å². The number of anilines is 1. The van der Waals surface area contributed by atoms with Gasteiger partial charge < -0.3 is 19.9 Å². The summed E-state index contributed by atoms with van der Waals surface area (Å²) in [5, 5.41) is 13.6. The number of ether oxygens (including phenoxy) is 1. The average Bonchev–Trinajstić information content (AvgIpc) is 3.34. The number of rotatable bonds is 7. The Morgan fingerprint density at radius 2 is 2.26 bits per heavy atom. The molecule has 0 bridgehead atoms. The lowest BCUT2D eigenvalue weighted by atomic mass is 10.2. The maximum atomic E-state index is 14.2. The summed E-state index contributed by atoms with van der Waals surface area (Å²) < 4.78 is 21.3. The van der Waals surface area contributed by atoms with Crippen molar-refractivity contribution in [3.63, 3.8) is 0 Å². The zero-order chi connectivity index (χ0) is 19.2. The number of hydrogen-bond donors (Lipinski definition) is 1. The summed E-state index contributed by atoms with van der Waals surface area (Å²) in [5.41, 5.74) is 0.630. The van der Waals surface area contributed by atoms with Gasteiger partial charge in [0.25, 0.3) is 0 Å². The van der Waals surface area contributed by atoms with Gasteiger partial charge in [0, 0.05) is 26.2 Å². The Kier molecular flexibility index (Phi) is 6.30. The van der Waals surface area contributed by atoms with E-state index in [4.69, 9.17) is 4.74 Å². The Bertz CT molecular complexity index is 748. The van der Waals surface area contributed by atoms with Crippen LogP contribution in [0.1, 0.15) is 12.8 Å². The third-order valence-electron chi connectivity index (χ3n) is 4.36. The molecule has 0 radical (unpaired) electrons. The number of hydrogen-bond acceptors (Lipinski definition) is 6. The maximum absolute atomic E-state index is 14.2. The van der Waals surface area contributed by atoms with Crippen molar-refractivity contribution in [2.24, 2.45) is 0 Å². The van der Waals surface area contributed by atoms with E-state index >= 15 is 0 Å². The van der Waals surface area contributed by atoms with Gasteiger partial charge in [-0.2, -0.15) is 0 Å². The van der Waals surface area contributed by atoms with Gasteiger partial charge in [-0.3, -0.25) is 0 Å². The summed E-state index contributed by atoms with van der Waals surface area (Å²) >= 11 is 0. The molecule has 1 atom stereocenters. The second kappa shape index (κ2) is 8.87. The highest BCUT2D eigenvalue weighted by molar-refractivity contribution is 5.89. The van der Waals surface area contributed by atoms with Gasteiger partial charge in [-0.1, -0.05) is 0 Å². The molecule has 1 aliphatic heterocycles. The number of likely N-dealkylation sites (N-methyl/N-ethyl adjacent to an activating group) is 1. The molecule has 2 heterocycles. The fraction of sp³-hybridized carbons (Fsp3) is 0.529. The van der Waals surface area contributed by atoms with Gasteiger partial charge in [-0.05, 0) is 55.6 Å². The molecule has 0 saturated carbocycles. The minimum Gasteiger partial charge on any atom is -0.376 e. The molecule has 3 rings (SSSR count). The first-order valence-corrected chi connectivity index (χ1v) is 8.88. The fourth-order valence-corrected chi connectivity index (χ4v) is 2.86. The molecule has 146 valence electrons. The van der Waals surface area contributed by atoms with E-state index in [1.54, 1.807) is 4.90 Å². The van der Waals surface area contributed by atoms with Crippen molar-refractivity contribution >= 4 is 11.7 Å². The van der Waals surface area contributed by atoms with Crippen molar-refractivity contribution in [3.8, 4) is 5.69 Å². The second-order valence-corrected chi connectivity index (χ2v) is 6.73. The highest BCUT2D eigenvalue weighted by atomic mass is 19.1. The SMILES string of the molecule is CN(C)CCN(CC1CCCO1)C(=O)Nc1cc(-n2cnnn2)ccc1F. The number of amides is 2. The van der Waals surface area contributed by atoms with Crippen LogP contribution in [0.25, 0.3) is 5.69 Å². The second-order valence-electron chi connectivity index (χ2n) is 6.73. The predicted molar refractivity (Wildman–Crippen MR) is 97.2 cm³/mol. The zero-order valence-electron chi connectivity index (χ0n) is 15.5. The molecule has 0 aliphatic carbocycles. The highest BCUT2D eigenvalue weighted by Crippen LogP contribution is 2.20. The van der Waals surface area contributed by atoms with E-state index in [2.05, 4.69) is 20.8 Å². The molecule has 1 aromatic carbocycles. The van der Waals surface area contributed by atoms with Crippen LogP contribution in [0.15, 0.2) is 24.5 Å². The highest BCUT2D eigenvalue weighted by Gasteiger charge is 2.23. The van der Waals surface area contributed by atoms with Gasteiger partial charge in [0.05, 0.1) is 17.5 Å². The number of nitrogens with one attached hydrogen (secondary N) is 1. The van der Waals surface area contributed by atoms with Crippen molar-refractivity contribution in [3.05, 3.63) is 30.3 Å². The Morgan fingerprint density at radius 3 is 2.93 bits per heavy atom. The number of benzene rings is 1. The molecular weight excluding hydrogens is 353 g/mol. The fourth-order valence-electron chi connectivity index (χ4n) is 2.86. The number of tetrazole rings is 1. The van der Waals surface area contributed by atoms with Gasteiger partial charge >= 0.3 is 6.03 Å². The number of halogens is 1. The van der Waals surface area contributed by atoms with Crippen molar-refractivity contribution in [2.75, 3.05) is 45.7 Å².